The topological polar surface area (TPSA) is 32.8 Å². The third kappa shape index (κ3) is 4.17. The van der Waals surface area contributed by atoms with Gasteiger partial charge in [0.1, 0.15) is 5.75 Å². The highest BCUT2D eigenvalue weighted by molar-refractivity contribution is 5.76. The van der Waals surface area contributed by atoms with Gasteiger partial charge in [0.05, 0.1) is 7.11 Å². The Morgan fingerprint density at radius 3 is 2.32 bits per heavy atom. The van der Waals surface area contributed by atoms with Crippen LogP contribution in [0, 0.1) is 11.8 Å². The Hall–Kier alpha value is -1.55. The highest BCUT2D eigenvalue weighted by Crippen LogP contribution is 2.46. The fourth-order valence-electron chi connectivity index (χ4n) is 4.75. The zero-order valence-corrected chi connectivity index (χ0v) is 16.1. The van der Waals surface area contributed by atoms with Crippen molar-refractivity contribution >= 4 is 5.91 Å². The molecule has 1 amide bonds. The number of amides is 1. The summed E-state index contributed by atoms with van der Waals surface area (Å²) in [4.78, 5) is 17.0. The van der Waals surface area contributed by atoms with Gasteiger partial charge in [0.2, 0.25) is 5.91 Å². The maximum atomic E-state index is 12.6. The van der Waals surface area contributed by atoms with Crippen LogP contribution < -0.4 is 4.74 Å². The van der Waals surface area contributed by atoms with Crippen LogP contribution in [-0.4, -0.2) is 56.0 Å². The van der Waals surface area contributed by atoms with Crippen LogP contribution in [0.4, 0.5) is 0 Å². The lowest BCUT2D eigenvalue weighted by atomic mass is 10.0. The second-order valence-corrected chi connectivity index (χ2v) is 8.09. The third-order valence-corrected chi connectivity index (χ3v) is 6.40. The fraction of sp³-hybridized carbons (Fsp3) is 0.667. The molecular formula is C21H32N2O2. The summed E-state index contributed by atoms with van der Waals surface area (Å²) in [7, 11) is 8.06. The monoisotopic (exact) mass is 344 g/mol. The van der Waals surface area contributed by atoms with Gasteiger partial charge in [0.15, 0.2) is 0 Å². The molecule has 2 aliphatic carbocycles. The molecule has 2 fully saturated rings. The normalized spacial score (nSPS) is 28.2. The largest absolute Gasteiger partial charge is 0.497 e. The average molecular weight is 344 g/mol. The zero-order valence-electron chi connectivity index (χ0n) is 16.1. The maximum absolute atomic E-state index is 12.6. The molecule has 4 heteroatoms. The zero-order chi connectivity index (χ0) is 18.0. The molecule has 1 aromatic carbocycles. The van der Waals surface area contributed by atoms with Crippen molar-refractivity contribution in [1.29, 1.82) is 0 Å². The minimum Gasteiger partial charge on any atom is -0.497 e. The van der Waals surface area contributed by atoms with E-state index in [1.165, 1.54) is 31.2 Å². The van der Waals surface area contributed by atoms with E-state index in [2.05, 4.69) is 25.1 Å². The number of carbonyl (C=O) groups is 1. The Bertz CT molecular complexity index is 587. The molecule has 25 heavy (non-hydrogen) atoms. The van der Waals surface area contributed by atoms with Crippen LogP contribution in [0.1, 0.15) is 37.7 Å². The minimum absolute atomic E-state index is 0.275. The molecule has 2 aliphatic rings. The number of methoxy groups -OCH3 is 1. The van der Waals surface area contributed by atoms with Crippen LogP contribution in [0.2, 0.25) is 0 Å². The standard InChI is InChI=1S/C21H32N2O2/c1-22(2)18-11-16-13-19(14-17(16)12-18)23(3)21(24)9-8-15-6-5-7-20(10-15)25-4/h5-7,10,16-19H,8-9,11-14H2,1-4H3/t16-,17+,18?,19?. The summed E-state index contributed by atoms with van der Waals surface area (Å²) in [6, 6.07) is 9.20. The van der Waals surface area contributed by atoms with Crippen LogP contribution in [-0.2, 0) is 11.2 Å². The molecule has 4 atom stereocenters. The predicted octanol–water partition coefficient (Wildman–Crippen LogP) is 3.21. The molecule has 1 aromatic rings. The number of hydrogen-bond acceptors (Lipinski definition) is 3. The molecule has 0 saturated heterocycles. The second kappa shape index (κ2) is 7.77. The van der Waals surface area contributed by atoms with Gasteiger partial charge in [-0.05, 0) is 75.7 Å². The molecule has 138 valence electrons. The number of ether oxygens (including phenoxy) is 1. The van der Waals surface area contributed by atoms with Crippen LogP contribution in [0.5, 0.6) is 5.75 Å². The Balaban J connectivity index is 1.49. The summed E-state index contributed by atoms with van der Waals surface area (Å²) >= 11 is 0. The van der Waals surface area contributed by atoms with Crippen molar-refractivity contribution in [1.82, 2.24) is 9.80 Å². The molecular weight excluding hydrogens is 312 g/mol. The number of rotatable bonds is 6. The number of aryl methyl sites for hydroxylation is 1. The van der Waals surface area contributed by atoms with Gasteiger partial charge < -0.3 is 14.5 Å². The van der Waals surface area contributed by atoms with Gasteiger partial charge in [-0.15, -0.1) is 0 Å². The molecule has 0 bridgehead atoms. The molecule has 0 radical (unpaired) electrons. The lowest BCUT2D eigenvalue weighted by Crippen LogP contribution is -2.36. The van der Waals surface area contributed by atoms with E-state index in [1.807, 2.05) is 30.1 Å². The number of fused-ring (bicyclic) bond motifs is 1. The highest BCUT2D eigenvalue weighted by Gasteiger charge is 2.43. The fourth-order valence-corrected chi connectivity index (χ4v) is 4.75. The van der Waals surface area contributed by atoms with E-state index in [0.29, 0.717) is 12.5 Å². The molecule has 2 unspecified atom stereocenters. The smallest absolute Gasteiger partial charge is 0.222 e. The molecule has 4 nitrogen and oxygen atoms in total. The van der Waals surface area contributed by atoms with Crippen molar-refractivity contribution in [3.63, 3.8) is 0 Å². The van der Waals surface area contributed by atoms with Gasteiger partial charge in [-0.3, -0.25) is 4.79 Å². The van der Waals surface area contributed by atoms with Gasteiger partial charge in [-0.25, -0.2) is 0 Å². The van der Waals surface area contributed by atoms with Gasteiger partial charge in [0.25, 0.3) is 0 Å². The maximum Gasteiger partial charge on any atom is 0.222 e. The Morgan fingerprint density at radius 2 is 1.72 bits per heavy atom. The van der Waals surface area contributed by atoms with E-state index in [0.717, 1.165) is 30.0 Å². The lowest BCUT2D eigenvalue weighted by Gasteiger charge is -2.27. The number of carbonyl (C=O) groups excluding carboxylic acids is 1. The molecule has 3 rings (SSSR count). The van der Waals surface area contributed by atoms with E-state index < -0.39 is 0 Å². The summed E-state index contributed by atoms with van der Waals surface area (Å²) in [5.74, 6) is 2.76. The second-order valence-electron chi connectivity index (χ2n) is 8.09. The van der Waals surface area contributed by atoms with Gasteiger partial charge in [-0.2, -0.15) is 0 Å². The summed E-state index contributed by atoms with van der Waals surface area (Å²) in [6.07, 6.45) is 6.35. The van der Waals surface area contributed by atoms with Gasteiger partial charge in [0, 0.05) is 25.6 Å². The van der Waals surface area contributed by atoms with Crippen LogP contribution in [0.25, 0.3) is 0 Å². The molecule has 0 aliphatic heterocycles. The Kier molecular flexibility index (Phi) is 5.67. The number of hydrogen-bond donors (Lipinski definition) is 0. The Morgan fingerprint density at radius 1 is 1.08 bits per heavy atom. The van der Waals surface area contributed by atoms with Gasteiger partial charge in [-0.1, -0.05) is 12.1 Å². The van der Waals surface area contributed by atoms with Gasteiger partial charge >= 0.3 is 0 Å². The van der Waals surface area contributed by atoms with Crippen LogP contribution >= 0.6 is 0 Å². The third-order valence-electron chi connectivity index (χ3n) is 6.40. The molecule has 2 saturated carbocycles. The van der Waals surface area contributed by atoms with Crippen LogP contribution in [0.3, 0.4) is 0 Å². The summed E-state index contributed by atoms with van der Waals surface area (Å²) in [5, 5.41) is 0. The van der Waals surface area contributed by atoms with E-state index in [4.69, 9.17) is 4.74 Å². The number of nitrogens with zero attached hydrogens (tertiary/aromatic N) is 2. The van der Waals surface area contributed by atoms with E-state index in [-0.39, 0.29) is 5.91 Å². The van der Waals surface area contributed by atoms with Crippen LogP contribution in [0.15, 0.2) is 24.3 Å². The predicted molar refractivity (Wildman–Crippen MR) is 101 cm³/mol. The average Bonchev–Trinajstić information content (AvgIpc) is 3.18. The first kappa shape index (κ1) is 18.2. The molecule has 0 spiro atoms. The summed E-state index contributed by atoms with van der Waals surface area (Å²) in [5.41, 5.74) is 1.17. The van der Waals surface area contributed by atoms with E-state index >= 15 is 0 Å². The summed E-state index contributed by atoms with van der Waals surface area (Å²) < 4.78 is 5.26. The molecule has 0 aromatic heterocycles. The quantitative estimate of drug-likeness (QED) is 0.794. The van der Waals surface area contributed by atoms with Crippen molar-refractivity contribution in [3.05, 3.63) is 29.8 Å². The van der Waals surface area contributed by atoms with E-state index in [1.54, 1.807) is 7.11 Å². The first-order valence-electron chi connectivity index (χ1n) is 9.53. The lowest BCUT2D eigenvalue weighted by molar-refractivity contribution is -0.131. The highest BCUT2D eigenvalue weighted by atomic mass is 16.5. The van der Waals surface area contributed by atoms with Crippen molar-refractivity contribution in [2.75, 3.05) is 28.3 Å². The Labute approximate surface area is 152 Å². The first-order valence-corrected chi connectivity index (χ1v) is 9.53. The first-order chi connectivity index (χ1) is 12.0. The van der Waals surface area contributed by atoms with Crippen molar-refractivity contribution in [2.45, 2.75) is 50.6 Å². The van der Waals surface area contributed by atoms with E-state index in [9.17, 15) is 4.79 Å². The molecule has 0 heterocycles. The molecule has 0 N–H and O–H groups in total. The summed E-state index contributed by atoms with van der Waals surface area (Å²) in [6.45, 7) is 0. The van der Waals surface area contributed by atoms with Crippen molar-refractivity contribution in [2.24, 2.45) is 11.8 Å². The van der Waals surface area contributed by atoms with Crippen molar-refractivity contribution in [3.8, 4) is 5.75 Å². The number of benzene rings is 1. The minimum atomic E-state index is 0.275. The van der Waals surface area contributed by atoms with Crippen molar-refractivity contribution < 1.29 is 9.53 Å². The SMILES string of the molecule is COc1cccc(CCC(=O)N(C)C2C[C@H]3CC(N(C)C)C[C@H]3C2)c1.